The molecular weight excluding hydrogens is 410 g/mol. The molecule has 8 nitrogen and oxygen atoms in total. The van der Waals surface area contributed by atoms with Crippen molar-refractivity contribution in [1.29, 1.82) is 0 Å². The van der Waals surface area contributed by atoms with Gasteiger partial charge < -0.3 is 10.2 Å². The fourth-order valence-electron chi connectivity index (χ4n) is 3.45. The molecule has 0 unspecified atom stereocenters. The van der Waals surface area contributed by atoms with E-state index in [1.165, 1.54) is 11.3 Å². The number of nitrogens with one attached hydrogen (secondary N) is 3. The smallest absolute Gasteiger partial charge is 0.274 e. The van der Waals surface area contributed by atoms with Crippen molar-refractivity contribution in [3.63, 3.8) is 0 Å². The molecule has 2 aliphatic heterocycles. The number of amides is 1. The van der Waals surface area contributed by atoms with Gasteiger partial charge in [0.05, 0.1) is 0 Å². The van der Waals surface area contributed by atoms with Gasteiger partial charge in [0.25, 0.3) is 5.91 Å². The van der Waals surface area contributed by atoms with Crippen molar-refractivity contribution >= 4 is 39.7 Å². The zero-order chi connectivity index (χ0) is 18.1. The Kier molecular flexibility index (Phi) is 6.21. The minimum Gasteiger partial charge on any atom is -0.337 e. The number of thiophene rings is 1. The number of hydrogen-bond acceptors (Lipinski definition) is 6. The average molecular weight is 432 g/mol. The van der Waals surface area contributed by atoms with Crippen LogP contribution in [0.2, 0.25) is 0 Å². The summed E-state index contributed by atoms with van der Waals surface area (Å²) >= 11 is 1.20. The van der Waals surface area contributed by atoms with Gasteiger partial charge in [-0.2, -0.15) is 5.10 Å². The summed E-state index contributed by atoms with van der Waals surface area (Å²) < 4.78 is 27.7. The topological polar surface area (TPSA) is 107 Å². The highest BCUT2D eigenvalue weighted by molar-refractivity contribution is 7.91. The van der Waals surface area contributed by atoms with Crippen LogP contribution in [0.5, 0.6) is 0 Å². The lowest BCUT2D eigenvalue weighted by molar-refractivity contribution is 0.0704. The van der Waals surface area contributed by atoms with Gasteiger partial charge in [-0.3, -0.25) is 9.89 Å². The number of halogens is 1. The third-order valence-corrected chi connectivity index (χ3v) is 7.79. The van der Waals surface area contributed by atoms with Gasteiger partial charge >= 0.3 is 0 Å². The number of sulfonamides is 1. The molecule has 148 valence electrons. The first kappa shape index (κ1) is 20.3. The summed E-state index contributed by atoms with van der Waals surface area (Å²) in [6.07, 6.45) is 2.05. The number of aromatic amines is 1. The molecule has 0 atom stereocenters. The van der Waals surface area contributed by atoms with Crippen molar-refractivity contribution in [3.8, 4) is 0 Å². The Morgan fingerprint density at radius 3 is 2.81 bits per heavy atom. The predicted octanol–water partition coefficient (Wildman–Crippen LogP) is 1.12. The fraction of sp³-hybridized carbons (Fsp3) is 0.500. The summed E-state index contributed by atoms with van der Waals surface area (Å²) in [4.78, 5) is 14.6. The molecule has 11 heteroatoms. The van der Waals surface area contributed by atoms with E-state index in [1.54, 1.807) is 22.4 Å². The first-order chi connectivity index (χ1) is 12.5. The zero-order valence-corrected chi connectivity index (χ0v) is 17.1. The van der Waals surface area contributed by atoms with E-state index < -0.39 is 10.0 Å². The van der Waals surface area contributed by atoms with Crippen LogP contribution in [-0.2, 0) is 23.0 Å². The minimum absolute atomic E-state index is 0. The number of H-pyrrole nitrogens is 1. The summed E-state index contributed by atoms with van der Waals surface area (Å²) in [7, 11) is -3.47. The van der Waals surface area contributed by atoms with Crippen molar-refractivity contribution in [2.45, 2.75) is 36.1 Å². The Morgan fingerprint density at radius 1 is 1.33 bits per heavy atom. The van der Waals surface area contributed by atoms with Gasteiger partial charge in [0, 0.05) is 49.9 Å². The number of likely N-dealkylation sites (tertiary alicyclic amines) is 1. The quantitative estimate of drug-likeness (QED) is 0.672. The van der Waals surface area contributed by atoms with Gasteiger partial charge in [-0.15, -0.1) is 23.7 Å². The molecule has 0 spiro atoms. The van der Waals surface area contributed by atoms with E-state index in [1.807, 2.05) is 0 Å². The normalized spacial score (nSPS) is 18.0. The van der Waals surface area contributed by atoms with E-state index >= 15 is 0 Å². The van der Waals surface area contributed by atoms with Gasteiger partial charge in [-0.25, -0.2) is 13.1 Å². The highest BCUT2D eigenvalue weighted by Crippen LogP contribution is 2.21. The zero-order valence-electron chi connectivity index (χ0n) is 14.6. The number of nitrogens with zero attached hydrogens (tertiary/aromatic N) is 2. The Bertz CT molecular complexity index is 889. The number of fused-ring (bicyclic) bond motifs is 1. The molecule has 4 rings (SSSR count). The number of hydrogen-bond donors (Lipinski definition) is 3. The number of carbonyl (C=O) groups is 1. The van der Waals surface area contributed by atoms with E-state index in [4.69, 9.17) is 0 Å². The molecule has 0 saturated carbocycles. The van der Waals surface area contributed by atoms with Crippen molar-refractivity contribution < 1.29 is 13.2 Å². The first-order valence-corrected chi connectivity index (χ1v) is 11.0. The second kappa shape index (κ2) is 8.27. The van der Waals surface area contributed by atoms with Crippen LogP contribution in [0.1, 0.15) is 34.6 Å². The highest BCUT2D eigenvalue weighted by Gasteiger charge is 2.30. The van der Waals surface area contributed by atoms with Crippen LogP contribution in [0.15, 0.2) is 21.7 Å². The van der Waals surface area contributed by atoms with E-state index in [-0.39, 0.29) is 24.4 Å². The number of piperidine rings is 1. The lowest BCUT2D eigenvalue weighted by Crippen LogP contribution is -2.46. The maximum absolute atomic E-state index is 12.8. The lowest BCUT2D eigenvalue weighted by atomic mass is 10.0. The van der Waals surface area contributed by atoms with Gasteiger partial charge in [0.2, 0.25) is 10.0 Å². The lowest BCUT2D eigenvalue weighted by Gasteiger charge is -2.32. The van der Waals surface area contributed by atoms with Gasteiger partial charge in [-0.05, 0) is 24.3 Å². The molecule has 27 heavy (non-hydrogen) atoms. The molecule has 1 amide bonds. The Hall–Kier alpha value is -1.46. The SMILES string of the molecule is Cl.O=C(c1n[nH]c2c1CNCC2)N1CCC(NS(=O)(=O)c2cccs2)CC1. The summed E-state index contributed by atoms with van der Waals surface area (Å²) in [6.45, 7) is 2.58. The second-order valence-electron chi connectivity index (χ2n) is 6.58. The molecule has 2 aromatic heterocycles. The van der Waals surface area contributed by atoms with Crippen molar-refractivity contribution in [2.24, 2.45) is 0 Å². The molecule has 0 bridgehead atoms. The van der Waals surface area contributed by atoms with E-state index in [2.05, 4.69) is 20.2 Å². The molecule has 0 aliphatic carbocycles. The number of carbonyl (C=O) groups excluding carboxylic acids is 1. The van der Waals surface area contributed by atoms with Crippen LogP contribution in [0.25, 0.3) is 0 Å². The van der Waals surface area contributed by atoms with E-state index in [0.29, 0.717) is 42.4 Å². The molecule has 0 aromatic carbocycles. The van der Waals surface area contributed by atoms with Crippen LogP contribution < -0.4 is 10.0 Å². The van der Waals surface area contributed by atoms with Crippen LogP contribution in [-0.4, -0.2) is 55.1 Å². The molecule has 2 aromatic rings. The minimum atomic E-state index is -3.47. The number of rotatable bonds is 4. The highest BCUT2D eigenvalue weighted by atomic mass is 35.5. The maximum atomic E-state index is 12.8. The first-order valence-electron chi connectivity index (χ1n) is 8.66. The standard InChI is InChI=1S/C16H21N5O3S2.ClH/c22-16(15-12-10-17-6-3-13(12)18-19-15)21-7-4-11(5-8-21)20-26(23,24)14-2-1-9-25-14;/h1-2,9,11,17,20H,3-8,10H2,(H,18,19);1H. The van der Waals surface area contributed by atoms with Crippen molar-refractivity contribution in [3.05, 3.63) is 34.5 Å². The molecular formula is C16H22ClN5O3S2. The molecule has 3 N–H and O–H groups in total. The second-order valence-corrected chi connectivity index (χ2v) is 9.46. The molecule has 1 fully saturated rings. The van der Waals surface area contributed by atoms with Crippen LogP contribution in [0.3, 0.4) is 0 Å². The molecule has 2 aliphatic rings. The van der Waals surface area contributed by atoms with Gasteiger partial charge in [-0.1, -0.05) is 6.07 Å². The summed E-state index contributed by atoms with van der Waals surface area (Å²) in [5.74, 6) is -0.0780. The van der Waals surface area contributed by atoms with Crippen LogP contribution >= 0.6 is 23.7 Å². The van der Waals surface area contributed by atoms with Gasteiger partial charge in [0.1, 0.15) is 4.21 Å². The van der Waals surface area contributed by atoms with Crippen LogP contribution in [0.4, 0.5) is 0 Å². The van der Waals surface area contributed by atoms with E-state index in [0.717, 1.165) is 24.2 Å². The fourth-order valence-corrected chi connectivity index (χ4v) is 5.76. The average Bonchev–Trinajstić information content (AvgIpc) is 3.32. The Morgan fingerprint density at radius 2 is 2.11 bits per heavy atom. The Labute approximate surface area is 168 Å². The maximum Gasteiger partial charge on any atom is 0.274 e. The number of aromatic nitrogens is 2. The van der Waals surface area contributed by atoms with Crippen molar-refractivity contribution in [1.82, 2.24) is 25.1 Å². The summed E-state index contributed by atoms with van der Waals surface area (Å²) in [6, 6.07) is 3.17. The van der Waals surface area contributed by atoms with Gasteiger partial charge in [0.15, 0.2) is 5.69 Å². The third kappa shape index (κ3) is 4.19. The Balaban J connectivity index is 0.00000210. The van der Waals surface area contributed by atoms with Crippen LogP contribution in [0, 0.1) is 0 Å². The largest absolute Gasteiger partial charge is 0.337 e. The summed E-state index contributed by atoms with van der Waals surface area (Å²) in [5, 5.41) is 12.2. The molecule has 4 heterocycles. The van der Waals surface area contributed by atoms with E-state index in [9.17, 15) is 13.2 Å². The summed E-state index contributed by atoms with van der Waals surface area (Å²) in [5.41, 5.74) is 2.48. The van der Waals surface area contributed by atoms with Crippen molar-refractivity contribution in [2.75, 3.05) is 19.6 Å². The monoisotopic (exact) mass is 431 g/mol. The third-order valence-electron chi connectivity index (χ3n) is 4.87. The predicted molar refractivity (Wildman–Crippen MR) is 105 cm³/mol. The molecule has 1 saturated heterocycles. The molecule has 0 radical (unpaired) electrons.